The van der Waals surface area contributed by atoms with E-state index >= 15 is 0 Å². The molecule has 0 aliphatic carbocycles. The van der Waals surface area contributed by atoms with Gasteiger partial charge >= 0.3 is 0 Å². The van der Waals surface area contributed by atoms with Crippen molar-refractivity contribution < 1.29 is 9.47 Å². The number of methoxy groups -OCH3 is 1. The fourth-order valence-corrected chi connectivity index (χ4v) is 1.43. The highest BCUT2D eigenvalue weighted by Gasteiger charge is 2.03. The van der Waals surface area contributed by atoms with Crippen molar-refractivity contribution in [3.8, 4) is 0 Å². The quantitative estimate of drug-likeness (QED) is 0.270. The monoisotopic (exact) mass is 387 g/mol. The molecule has 0 bridgehead atoms. The Hall–Kier alpha value is -0.0800. The van der Waals surface area contributed by atoms with Gasteiger partial charge in [0.05, 0.1) is 26.4 Å². The van der Waals surface area contributed by atoms with Gasteiger partial charge in [0.25, 0.3) is 0 Å². The summed E-state index contributed by atoms with van der Waals surface area (Å²) < 4.78 is 10.3. The molecule has 0 aliphatic heterocycles. The summed E-state index contributed by atoms with van der Waals surface area (Å²) >= 11 is 0. The zero-order valence-electron chi connectivity index (χ0n) is 12.8. The van der Waals surface area contributed by atoms with Crippen LogP contribution < -0.4 is 5.32 Å². The highest BCUT2D eigenvalue weighted by molar-refractivity contribution is 14.0. The second-order valence-electron chi connectivity index (χ2n) is 4.12. The van der Waals surface area contributed by atoms with Crippen LogP contribution in [-0.2, 0) is 9.47 Å². The van der Waals surface area contributed by atoms with Gasteiger partial charge in [-0.15, -0.1) is 24.0 Å². The minimum atomic E-state index is 0. The van der Waals surface area contributed by atoms with E-state index in [4.69, 9.17) is 9.47 Å². The summed E-state index contributed by atoms with van der Waals surface area (Å²) in [6.07, 6.45) is 2.38. The molecule has 6 heteroatoms. The van der Waals surface area contributed by atoms with Crippen LogP contribution in [0.25, 0.3) is 0 Å². The summed E-state index contributed by atoms with van der Waals surface area (Å²) in [7, 11) is 3.75. The van der Waals surface area contributed by atoms with Crippen LogP contribution in [-0.4, -0.2) is 64.5 Å². The van der Waals surface area contributed by atoms with E-state index in [0.29, 0.717) is 26.4 Å². The fourth-order valence-electron chi connectivity index (χ4n) is 1.43. The SMILES string of the molecule is CCCCN(C)C(=NCCOCCOC)NCC.I. The number of hydrogen-bond donors (Lipinski definition) is 1. The number of nitrogens with zero attached hydrogens (tertiary/aromatic N) is 2. The van der Waals surface area contributed by atoms with Gasteiger partial charge in [-0.1, -0.05) is 13.3 Å². The van der Waals surface area contributed by atoms with E-state index in [1.54, 1.807) is 7.11 Å². The van der Waals surface area contributed by atoms with E-state index in [2.05, 4.69) is 36.1 Å². The van der Waals surface area contributed by atoms with E-state index in [9.17, 15) is 0 Å². The largest absolute Gasteiger partial charge is 0.382 e. The molecule has 0 saturated heterocycles. The molecule has 19 heavy (non-hydrogen) atoms. The van der Waals surface area contributed by atoms with Crippen LogP contribution in [0.1, 0.15) is 26.7 Å². The maximum Gasteiger partial charge on any atom is 0.193 e. The lowest BCUT2D eigenvalue weighted by Gasteiger charge is -2.21. The van der Waals surface area contributed by atoms with Crippen LogP contribution in [0.5, 0.6) is 0 Å². The average molecular weight is 387 g/mol. The Labute approximate surface area is 135 Å². The third-order valence-corrected chi connectivity index (χ3v) is 2.47. The molecule has 0 atom stereocenters. The molecular weight excluding hydrogens is 357 g/mol. The van der Waals surface area contributed by atoms with Gasteiger partial charge in [0.2, 0.25) is 0 Å². The summed E-state index contributed by atoms with van der Waals surface area (Å²) in [6.45, 7) is 8.79. The number of unbranched alkanes of at least 4 members (excludes halogenated alkanes) is 1. The average Bonchev–Trinajstić information content (AvgIpc) is 2.38. The summed E-state index contributed by atoms with van der Waals surface area (Å²) in [6, 6.07) is 0. The summed E-state index contributed by atoms with van der Waals surface area (Å²) in [5.74, 6) is 0.960. The number of guanidine groups is 1. The number of hydrogen-bond acceptors (Lipinski definition) is 3. The summed E-state index contributed by atoms with van der Waals surface area (Å²) in [5, 5.41) is 3.29. The van der Waals surface area contributed by atoms with Crippen molar-refractivity contribution in [3.05, 3.63) is 0 Å². The van der Waals surface area contributed by atoms with Crippen molar-refractivity contribution in [2.45, 2.75) is 26.7 Å². The predicted octanol–water partition coefficient (Wildman–Crippen LogP) is 1.96. The lowest BCUT2D eigenvalue weighted by molar-refractivity contribution is 0.0747. The number of ether oxygens (including phenoxy) is 2. The number of rotatable bonds is 10. The summed E-state index contributed by atoms with van der Waals surface area (Å²) in [5.41, 5.74) is 0. The van der Waals surface area contributed by atoms with Gasteiger partial charge in [-0.25, -0.2) is 0 Å². The molecule has 0 aromatic rings. The van der Waals surface area contributed by atoms with Crippen molar-refractivity contribution in [2.75, 3.05) is 53.6 Å². The van der Waals surface area contributed by atoms with Crippen molar-refractivity contribution in [2.24, 2.45) is 4.99 Å². The molecule has 0 saturated carbocycles. The van der Waals surface area contributed by atoms with Crippen LogP contribution >= 0.6 is 24.0 Å². The minimum absolute atomic E-state index is 0. The molecule has 0 spiro atoms. The van der Waals surface area contributed by atoms with Crippen molar-refractivity contribution in [1.82, 2.24) is 10.2 Å². The van der Waals surface area contributed by atoms with Gasteiger partial charge in [-0.2, -0.15) is 0 Å². The lowest BCUT2D eigenvalue weighted by atomic mass is 10.3. The summed E-state index contributed by atoms with van der Waals surface area (Å²) in [4.78, 5) is 6.70. The van der Waals surface area contributed by atoms with Crippen molar-refractivity contribution in [1.29, 1.82) is 0 Å². The fraction of sp³-hybridized carbons (Fsp3) is 0.923. The number of halogens is 1. The Kier molecular flexibility index (Phi) is 17.8. The first-order valence-corrected chi connectivity index (χ1v) is 6.82. The second-order valence-corrected chi connectivity index (χ2v) is 4.12. The molecule has 0 fully saturated rings. The molecule has 0 amide bonds. The molecule has 0 rings (SSSR count). The van der Waals surface area contributed by atoms with Crippen LogP contribution in [0.4, 0.5) is 0 Å². The zero-order chi connectivity index (χ0) is 13.6. The van der Waals surface area contributed by atoms with Crippen molar-refractivity contribution in [3.63, 3.8) is 0 Å². The first-order valence-electron chi connectivity index (χ1n) is 6.82. The van der Waals surface area contributed by atoms with Gasteiger partial charge in [-0.05, 0) is 13.3 Å². The Bertz CT molecular complexity index is 216. The van der Waals surface area contributed by atoms with E-state index in [1.807, 2.05) is 0 Å². The molecule has 5 nitrogen and oxygen atoms in total. The standard InChI is InChI=1S/C13H29N3O2.HI/c1-5-7-9-16(3)13(14-6-2)15-8-10-18-12-11-17-4;/h5-12H2,1-4H3,(H,14,15);1H. The highest BCUT2D eigenvalue weighted by Crippen LogP contribution is 1.93. The molecule has 1 N–H and O–H groups in total. The van der Waals surface area contributed by atoms with Gasteiger partial charge < -0.3 is 19.7 Å². The van der Waals surface area contributed by atoms with E-state index < -0.39 is 0 Å². The predicted molar refractivity (Wildman–Crippen MR) is 91.6 cm³/mol. The molecule has 0 aliphatic rings. The molecule has 116 valence electrons. The maximum absolute atomic E-state index is 5.39. The topological polar surface area (TPSA) is 46.1 Å². The molecule has 0 radical (unpaired) electrons. The molecule has 0 heterocycles. The molecular formula is C13H30IN3O2. The van der Waals surface area contributed by atoms with E-state index in [0.717, 1.165) is 19.0 Å². The van der Waals surface area contributed by atoms with Crippen LogP contribution in [0.2, 0.25) is 0 Å². The molecule has 0 unspecified atom stereocenters. The first kappa shape index (κ1) is 21.2. The number of nitrogens with one attached hydrogen (secondary N) is 1. The molecule has 0 aromatic carbocycles. The van der Waals surface area contributed by atoms with Gasteiger partial charge in [-0.3, -0.25) is 4.99 Å². The second kappa shape index (κ2) is 16.0. The van der Waals surface area contributed by atoms with E-state index in [-0.39, 0.29) is 24.0 Å². The van der Waals surface area contributed by atoms with Gasteiger partial charge in [0, 0.05) is 27.2 Å². The smallest absolute Gasteiger partial charge is 0.193 e. The maximum atomic E-state index is 5.39. The number of aliphatic imine (C=N–C) groups is 1. The zero-order valence-corrected chi connectivity index (χ0v) is 15.1. The van der Waals surface area contributed by atoms with Crippen molar-refractivity contribution >= 4 is 29.9 Å². The van der Waals surface area contributed by atoms with Gasteiger partial charge in [0.15, 0.2) is 5.96 Å². The third kappa shape index (κ3) is 12.7. The Balaban J connectivity index is 0. The Morgan fingerprint density at radius 3 is 2.53 bits per heavy atom. The van der Waals surface area contributed by atoms with Crippen LogP contribution in [0, 0.1) is 0 Å². The first-order chi connectivity index (χ1) is 8.76. The Morgan fingerprint density at radius 1 is 1.21 bits per heavy atom. The highest BCUT2D eigenvalue weighted by atomic mass is 127. The normalized spacial score (nSPS) is 11.1. The van der Waals surface area contributed by atoms with Crippen LogP contribution in [0.15, 0.2) is 4.99 Å². The Morgan fingerprint density at radius 2 is 1.95 bits per heavy atom. The van der Waals surface area contributed by atoms with Crippen LogP contribution in [0.3, 0.4) is 0 Å². The lowest BCUT2D eigenvalue weighted by Crippen LogP contribution is -2.39. The van der Waals surface area contributed by atoms with Gasteiger partial charge in [0.1, 0.15) is 0 Å². The van der Waals surface area contributed by atoms with E-state index in [1.165, 1.54) is 12.8 Å². The minimum Gasteiger partial charge on any atom is -0.382 e. The third-order valence-electron chi connectivity index (χ3n) is 2.47. The molecule has 0 aromatic heterocycles.